The number of para-hydroxylation sites is 2. The minimum Gasteiger partial charge on any atom is -0.490 e. The molecule has 0 fully saturated rings. The van der Waals surface area contributed by atoms with Crippen LogP contribution in [0.1, 0.15) is 13.3 Å². The number of terminal acetylenes is 1. The highest BCUT2D eigenvalue weighted by Crippen LogP contribution is 2.19. The van der Waals surface area contributed by atoms with E-state index in [1.807, 2.05) is 6.92 Å². The first-order chi connectivity index (χ1) is 8.98. The van der Waals surface area contributed by atoms with Crippen molar-refractivity contribution in [3.05, 3.63) is 24.3 Å². The van der Waals surface area contributed by atoms with Crippen molar-refractivity contribution >= 4 is 15.7 Å². The van der Waals surface area contributed by atoms with Gasteiger partial charge in [0.1, 0.15) is 12.4 Å². The van der Waals surface area contributed by atoms with Crippen molar-refractivity contribution in [1.82, 2.24) is 4.72 Å². The Morgan fingerprint density at radius 2 is 2.16 bits per heavy atom. The topological polar surface area (TPSA) is 81.4 Å². The van der Waals surface area contributed by atoms with Gasteiger partial charge < -0.3 is 10.5 Å². The molecule has 0 radical (unpaired) electrons. The molecule has 0 aliphatic rings. The molecule has 19 heavy (non-hydrogen) atoms. The summed E-state index contributed by atoms with van der Waals surface area (Å²) in [5.41, 5.74) is 6.15. The molecule has 3 N–H and O–H groups in total. The fourth-order valence-corrected chi connectivity index (χ4v) is 2.47. The SMILES string of the molecule is C#CC(CC)NS(=O)(=O)CCOc1ccccc1N. The number of rotatable bonds is 7. The second-order valence-corrected chi connectivity index (χ2v) is 5.82. The predicted octanol–water partition coefficient (Wildman–Crippen LogP) is 0.979. The van der Waals surface area contributed by atoms with Crippen LogP contribution >= 0.6 is 0 Å². The van der Waals surface area contributed by atoms with Crippen LogP contribution in [0, 0.1) is 12.3 Å². The Kier molecular flexibility index (Phi) is 5.67. The largest absolute Gasteiger partial charge is 0.490 e. The number of sulfonamides is 1. The molecule has 0 aliphatic carbocycles. The molecule has 0 aromatic heterocycles. The third-order valence-corrected chi connectivity index (χ3v) is 3.81. The molecule has 104 valence electrons. The molecule has 1 unspecified atom stereocenters. The molecule has 1 aromatic carbocycles. The van der Waals surface area contributed by atoms with Crippen molar-refractivity contribution < 1.29 is 13.2 Å². The number of nitrogen functional groups attached to an aromatic ring is 1. The van der Waals surface area contributed by atoms with Crippen LogP contribution in [-0.2, 0) is 10.0 Å². The van der Waals surface area contributed by atoms with Crippen molar-refractivity contribution in [1.29, 1.82) is 0 Å². The van der Waals surface area contributed by atoms with E-state index in [1.165, 1.54) is 0 Å². The highest BCUT2D eigenvalue weighted by molar-refractivity contribution is 7.89. The van der Waals surface area contributed by atoms with Gasteiger partial charge in [-0.1, -0.05) is 25.0 Å². The summed E-state index contributed by atoms with van der Waals surface area (Å²) in [4.78, 5) is 0. The molecular formula is C13H18N2O3S. The molecule has 0 aliphatic heterocycles. The summed E-state index contributed by atoms with van der Waals surface area (Å²) in [5, 5.41) is 0. The van der Waals surface area contributed by atoms with Crippen LogP contribution in [0.5, 0.6) is 5.75 Å². The summed E-state index contributed by atoms with van der Waals surface area (Å²) >= 11 is 0. The summed E-state index contributed by atoms with van der Waals surface area (Å²) < 4.78 is 31.2. The average molecular weight is 282 g/mol. The highest BCUT2D eigenvalue weighted by atomic mass is 32.2. The fourth-order valence-electron chi connectivity index (χ4n) is 1.38. The molecule has 1 rings (SSSR count). The lowest BCUT2D eigenvalue weighted by atomic mass is 10.3. The van der Waals surface area contributed by atoms with Crippen LogP contribution in [-0.4, -0.2) is 26.8 Å². The van der Waals surface area contributed by atoms with E-state index in [9.17, 15) is 8.42 Å². The fraction of sp³-hybridized carbons (Fsp3) is 0.385. The van der Waals surface area contributed by atoms with Crippen molar-refractivity contribution in [2.45, 2.75) is 19.4 Å². The van der Waals surface area contributed by atoms with E-state index in [1.54, 1.807) is 24.3 Å². The van der Waals surface area contributed by atoms with Crippen molar-refractivity contribution in [3.8, 4) is 18.1 Å². The van der Waals surface area contributed by atoms with Crippen LogP contribution in [0.15, 0.2) is 24.3 Å². The summed E-state index contributed by atoms with van der Waals surface area (Å²) in [7, 11) is -3.45. The Morgan fingerprint density at radius 3 is 2.74 bits per heavy atom. The molecule has 0 spiro atoms. The Hall–Kier alpha value is -1.71. The molecule has 6 heteroatoms. The van der Waals surface area contributed by atoms with E-state index < -0.39 is 16.1 Å². The number of hydrogen-bond donors (Lipinski definition) is 2. The normalized spacial score (nSPS) is 12.6. The third kappa shape index (κ3) is 5.20. The lowest BCUT2D eigenvalue weighted by Crippen LogP contribution is -2.36. The van der Waals surface area contributed by atoms with Crippen LogP contribution in [0.4, 0.5) is 5.69 Å². The van der Waals surface area contributed by atoms with Gasteiger partial charge >= 0.3 is 0 Å². The zero-order valence-corrected chi connectivity index (χ0v) is 11.6. The van der Waals surface area contributed by atoms with Crippen molar-refractivity contribution in [2.24, 2.45) is 0 Å². The van der Waals surface area contributed by atoms with Gasteiger partial charge in [0.15, 0.2) is 0 Å². The Bertz CT molecular complexity index is 549. The van der Waals surface area contributed by atoms with E-state index in [-0.39, 0.29) is 12.4 Å². The van der Waals surface area contributed by atoms with Gasteiger partial charge in [-0.15, -0.1) is 6.42 Å². The molecule has 0 saturated carbocycles. The van der Waals surface area contributed by atoms with Gasteiger partial charge in [-0.25, -0.2) is 13.1 Å². The molecular weight excluding hydrogens is 264 g/mol. The molecule has 1 atom stereocenters. The summed E-state index contributed by atoms with van der Waals surface area (Å²) in [5.74, 6) is 2.68. The van der Waals surface area contributed by atoms with Crippen LogP contribution in [0.2, 0.25) is 0 Å². The third-order valence-electron chi connectivity index (χ3n) is 2.46. The first-order valence-corrected chi connectivity index (χ1v) is 7.57. The van der Waals surface area contributed by atoms with Crippen LogP contribution < -0.4 is 15.2 Å². The van der Waals surface area contributed by atoms with Crippen molar-refractivity contribution in [2.75, 3.05) is 18.1 Å². The summed E-state index contributed by atoms with van der Waals surface area (Å²) in [6, 6.07) is 6.44. The first kappa shape index (κ1) is 15.3. The van der Waals surface area contributed by atoms with E-state index in [0.29, 0.717) is 17.9 Å². The summed E-state index contributed by atoms with van der Waals surface area (Å²) in [6.45, 7) is 1.83. The quantitative estimate of drug-likeness (QED) is 0.577. The smallest absolute Gasteiger partial charge is 0.216 e. The monoisotopic (exact) mass is 282 g/mol. The predicted molar refractivity (Wildman–Crippen MR) is 76.2 cm³/mol. The van der Waals surface area contributed by atoms with E-state index in [0.717, 1.165) is 0 Å². The van der Waals surface area contributed by atoms with Gasteiger partial charge in [0, 0.05) is 0 Å². The average Bonchev–Trinajstić information content (AvgIpc) is 2.38. The van der Waals surface area contributed by atoms with Gasteiger partial charge in [-0.3, -0.25) is 0 Å². The maximum atomic E-state index is 11.7. The Balaban J connectivity index is 2.49. The van der Waals surface area contributed by atoms with Gasteiger partial charge in [0.2, 0.25) is 10.0 Å². The number of nitrogens with one attached hydrogen (secondary N) is 1. The second-order valence-electron chi connectivity index (χ2n) is 3.95. The number of benzene rings is 1. The molecule has 5 nitrogen and oxygen atoms in total. The maximum Gasteiger partial charge on any atom is 0.216 e. The van der Waals surface area contributed by atoms with Crippen LogP contribution in [0.3, 0.4) is 0 Å². The summed E-state index contributed by atoms with van der Waals surface area (Å²) in [6.07, 6.45) is 5.75. The van der Waals surface area contributed by atoms with Crippen LogP contribution in [0.25, 0.3) is 0 Å². The minimum absolute atomic E-state index is 0.0184. The van der Waals surface area contributed by atoms with Gasteiger partial charge in [-0.05, 0) is 18.6 Å². The standard InChI is InChI=1S/C13H18N2O3S/c1-3-11(4-2)15-19(16,17)10-9-18-13-8-6-5-7-12(13)14/h1,5-8,11,15H,4,9-10,14H2,2H3. The van der Waals surface area contributed by atoms with Gasteiger partial charge in [0.25, 0.3) is 0 Å². The zero-order valence-electron chi connectivity index (χ0n) is 10.8. The van der Waals surface area contributed by atoms with E-state index in [2.05, 4.69) is 10.6 Å². The number of hydrogen-bond acceptors (Lipinski definition) is 4. The molecule has 1 aromatic rings. The maximum absolute atomic E-state index is 11.7. The van der Waals surface area contributed by atoms with Gasteiger partial charge in [-0.2, -0.15) is 0 Å². The zero-order chi connectivity index (χ0) is 14.3. The second kappa shape index (κ2) is 7.02. The first-order valence-electron chi connectivity index (χ1n) is 5.92. The van der Waals surface area contributed by atoms with E-state index >= 15 is 0 Å². The Morgan fingerprint density at radius 1 is 1.47 bits per heavy atom. The highest BCUT2D eigenvalue weighted by Gasteiger charge is 2.15. The minimum atomic E-state index is -3.45. The molecule has 0 bridgehead atoms. The number of nitrogens with two attached hydrogens (primary N) is 1. The number of anilines is 1. The Labute approximate surface area is 114 Å². The number of ether oxygens (including phenoxy) is 1. The lowest BCUT2D eigenvalue weighted by molar-refractivity contribution is 0.342. The molecule has 0 saturated heterocycles. The van der Waals surface area contributed by atoms with E-state index in [4.69, 9.17) is 16.9 Å². The lowest BCUT2D eigenvalue weighted by Gasteiger charge is -2.12. The van der Waals surface area contributed by atoms with Gasteiger partial charge in [0.05, 0.1) is 17.5 Å². The van der Waals surface area contributed by atoms with Crippen molar-refractivity contribution in [3.63, 3.8) is 0 Å². The molecule has 0 amide bonds. The molecule has 0 heterocycles.